The van der Waals surface area contributed by atoms with E-state index in [1.807, 2.05) is 0 Å². The summed E-state index contributed by atoms with van der Waals surface area (Å²) >= 11 is 0. The maximum atomic E-state index is 10.1. The van der Waals surface area contributed by atoms with Crippen molar-refractivity contribution in [2.24, 2.45) is 11.8 Å². The first-order valence-corrected chi connectivity index (χ1v) is 7.19. The van der Waals surface area contributed by atoms with E-state index in [1.54, 1.807) is 0 Å². The molecule has 0 aromatic heterocycles. The van der Waals surface area contributed by atoms with E-state index in [1.165, 1.54) is 24.0 Å². The third-order valence-electron chi connectivity index (χ3n) is 4.60. The third kappa shape index (κ3) is 2.45. The lowest BCUT2D eigenvalue weighted by molar-refractivity contribution is 0.0298. The van der Waals surface area contributed by atoms with Gasteiger partial charge in [-0.3, -0.25) is 4.90 Å². The summed E-state index contributed by atoms with van der Waals surface area (Å²) in [6, 6.07) is 8.71. The number of hydrogen-bond acceptors (Lipinski definition) is 2. The van der Waals surface area contributed by atoms with Gasteiger partial charge in [-0.25, -0.2) is 0 Å². The molecule has 1 fully saturated rings. The molecule has 1 N–H and O–H groups in total. The lowest BCUT2D eigenvalue weighted by atomic mass is 9.80. The summed E-state index contributed by atoms with van der Waals surface area (Å²) in [4.78, 5) is 2.50. The fourth-order valence-corrected chi connectivity index (χ4v) is 3.54. The Morgan fingerprint density at radius 1 is 1.17 bits per heavy atom. The normalized spacial score (nSPS) is 32.4. The Hall–Kier alpha value is -0.860. The molecule has 18 heavy (non-hydrogen) atoms. The van der Waals surface area contributed by atoms with Gasteiger partial charge in [0.2, 0.25) is 0 Å². The van der Waals surface area contributed by atoms with Crippen molar-refractivity contribution in [1.82, 2.24) is 4.90 Å². The summed E-state index contributed by atoms with van der Waals surface area (Å²) < 4.78 is 0. The van der Waals surface area contributed by atoms with Crippen LogP contribution >= 0.6 is 0 Å². The number of nitrogens with zero attached hydrogens (tertiary/aromatic N) is 1. The van der Waals surface area contributed by atoms with Gasteiger partial charge in [-0.2, -0.15) is 0 Å². The topological polar surface area (TPSA) is 23.5 Å². The minimum atomic E-state index is -0.0788. The predicted molar refractivity (Wildman–Crippen MR) is 73.1 cm³/mol. The molecule has 2 heteroatoms. The minimum absolute atomic E-state index is 0.0788. The highest BCUT2D eigenvalue weighted by Crippen LogP contribution is 2.31. The van der Waals surface area contributed by atoms with E-state index in [9.17, 15) is 5.11 Å². The number of aliphatic hydroxyl groups excluding tert-OH is 1. The van der Waals surface area contributed by atoms with Crippen molar-refractivity contribution in [2.75, 3.05) is 6.54 Å². The van der Waals surface area contributed by atoms with Crippen molar-refractivity contribution < 1.29 is 5.11 Å². The van der Waals surface area contributed by atoms with Crippen LogP contribution in [-0.2, 0) is 13.1 Å². The summed E-state index contributed by atoms with van der Waals surface area (Å²) in [7, 11) is 0. The summed E-state index contributed by atoms with van der Waals surface area (Å²) in [5.41, 5.74) is 2.94. The van der Waals surface area contributed by atoms with E-state index in [0.29, 0.717) is 5.92 Å². The Kier molecular flexibility index (Phi) is 3.40. The zero-order valence-corrected chi connectivity index (χ0v) is 11.2. The highest BCUT2D eigenvalue weighted by molar-refractivity contribution is 5.30. The molecule has 1 aliphatic heterocycles. The number of aliphatic hydroxyl groups is 1. The van der Waals surface area contributed by atoms with Crippen LogP contribution < -0.4 is 0 Å². The number of hydrogen-bond donors (Lipinski definition) is 1. The lowest BCUT2D eigenvalue weighted by Gasteiger charge is -2.34. The Labute approximate surface area is 110 Å². The van der Waals surface area contributed by atoms with E-state index in [4.69, 9.17) is 0 Å². The molecule has 0 radical (unpaired) electrons. The molecule has 3 rings (SSSR count). The van der Waals surface area contributed by atoms with Crippen molar-refractivity contribution in [2.45, 2.75) is 45.4 Å². The van der Waals surface area contributed by atoms with E-state index >= 15 is 0 Å². The maximum absolute atomic E-state index is 10.1. The first-order chi connectivity index (χ1) is 8.72. The van der Waals surface area contributed by atoms with Crippen LogP contribution in [0.1, 0.15) is 37.3 Å². The van der Waals surface area contributed by atoms with E-state index in [-0.39, 0.29) is 6.10 Å². The Morgan fingerprint density at radius 2 is 1.83 bits per heavy atom. The van der Waals surface area contributed by atoms with Crippen LogP contribution in [0.3, 0.4) is 0 Å². The summed E-state index contributed by atoms with van der Waals surface area (Å²) in [5, 5.41) is 10.1. The molecule has 1 aliphatic carbocycles. The number of benzene rings is 1. The van der Waals surface area contributed by atoms with Gasteiger partial charge in [0.15, 0.2) is 0 Å². The van der Waals surface area contributed by atoms with Gasteiger partial charge in [-0.05, 0) is 42.2 Å². The van der Waals surface area contributed by atoms with Crippen LogP contribution in [-0.4, -0.2) is 22.7 Å². The van der Waals surface area contributed by atoms with Crippen molar-refractivity contribution in [3.63, 3.8) is 0 Å². The van der Waals surface area contributed by atoms with Crippen molar-refractivity contribution >= 4 is 0 Å². The van der Waals surface area contributed by atoms with E-state index < -0.39 is 0 Å². The molecular formula is C16H23NO. The second-order valence-electron chi connectivity index (χ2n) is 6.18. The first-order valence-electron chi connectivity index (χ1n) is 7.19. The number of fused-ring (bicyclic) bond motifs is 1. The molecule has 0 spiro atoms. The van der Waals surface area contributed by atoms with Crippen molar-refractivity contribution in [1.29, 1.82) is 0 Å². The molecule has 1 heterocycles. The van der Waals surface area contributed by atoms with E-state index in [2.05, 4.69) is 36.1 Å². The van der Waals surface area contributed by atoms with Crippen molar-refractivity contribution in [3.8, 4) is 0 Å². The molecule has 2 nitrogen and oxygen atoms in total. The summed E-state index contributed by atoms with van der Waals surface area (Å²) in [5.74, 6) is 1.26. The van der Waals surface area contributed by atoms with Gasteiger partial charge in [0.1, 0.15) is 0 Å². The first kappa shape index (κ1) is 12.2. The minimum Gasteiger partial charge on any atom is -0.393 e. The monoisotopic (exact) mass is 245 g/mol. The SMILES string of the molecule is CC1CCC(O)C(CN2Cc3ccccc3C2)C1. The van der Waals surface area contributed by atoms with Crippen molar-refractivity contribution in [3.05, 3.63) is 35.4 Å². The molecule has 0 bridgehead atoms. The second kappa shape index (κ2) is 5.02. The fourth-order valence-electron chi connectivity index (χ4n) is 3.54. The molecule has 98 valence electrons. The highest BCUT2D eigenvalue weighted by Gasteiger charge is 2.30. The largest absolute Gasteiger partial charge is 0.393 e. The third-order valence-corrected chi connectivity index (χ3v) is 4.60. The van der Waals surface area contributed by atoms with Gasteiger partial charge < -0.3 is 5.11 Å². The Bertz CT molecular complexity index is 392. The Balaban J connectivity index is 1.62. The molecule has 3 atom stereocenters. The maximum Gasteiger partial charge on any atom is 0.0580 e. The van der Waals surface area contributed by atoms with Crippen LogP contribution in [0, 0.1) is 11.8 Å². The number of rotatable bonds is 2. The lowest BCUT2D eigenvalue weighted by Crippen LogP contribution is -2.36. The smallest absolute Gasteiger partial charge is 0.0580 e. The van der Waals surface area contributed by atoms with Crippen LogP contribution in [0.4, 0.5) is 0 Å². The van der Waals surface area contributed by atoms with Gasteiger partial charge in [-0.15, -0.1) is 0 Å². The standard InChI is InChI=1S/C16H23NO/c1-12-6-7-16(18)15(8-12)11-17-9-13-4-2-3-5-14(13)10-17/h2-5,12,15-16,18H,6-11H2,1H3. The van der Waals surface area contributed by atoms with Gasteiger partial charge in [-0.1, -0.05) is 31.2 Å². The molecule has 2 aliphatic rings. The summed E-state index contributed by atoms with van der Waals surface area (Å²) in [6.07, 6.45) is 3.29. The summed E-state index contributed by atoms with van der Waals surface area (Å²) in [6.45, 7) is 5.50. The van der Waals surface area contributed by atoms with Gasteiger partial charge in [0, 0.05) is 19.6 Å². The zero-order valence-electron chi connectivity index (χ0n) is 11.2. The molecule has 1 aromatic rings. The average molecular weight is 245 g/mol. The highest BCUT2D eigenvalue weighted by atomic mass is 16.3. The van der Waals surface area contributed by atoms with Crippen LogP contribution in [0.2, 0.25) is 0 Å². The molecular weight excluding hydrogens is 222 g/mol. The van der Waals surface area contributed by atoms with Crippen LogP contribution in [0.25, 0.3) is 0 Å². The van der Waals surface area contributed by atoms with E-state index in [0.717, 1.165) is 32.0 Å². The average Bonchev–Trinajstić information content (AvgIpc) is 2.76. The predicted octanol–water partition coefficient (Wildman–Crippen LogP) is 2.80. The van der Waals surface area contributed by atoms with Crippen LogP contribution in [0.15, 0.2) is 24.3 Å². The van der Waals surface area contributed by atoms with Gasteiger partial charge >= 0.3 is 0 Å². The van der Waals surface area contributed by atoms with Gasteiger partial charge in [0.05, 0.1) is 6.10 Å². The molecule has 1 saturated carbocycles. The zero-order chi connectivity index (χ0) is 12.5. The second-order valence-corrected chi connectivity index (χ2v) is 6.18. The molecule has 3 unspecified atom stereocenters. The quantitative estimate of drug-likeness (QED) is 0.866. The molecule has 1 aromatic carbocycles. The molecule has 0 saturated heterocycles. The Morgan fingerprint density at radius 3 is 2.50 bits per heavy atom. The van der Waals surface area contributed by atoms with Crippen LogP contribution in [0.5, 0.6) is 0 Å². The van der Waals surface area contributed by atoms with Gasteiger partial charge in [0.25, 0.3) is 0 Å². The molecule has 0 amide bonds. The fraction of sp³-hybridized carbons (Fsp3) is 0.625.